The highest BCUT2D eigenvalue weighted by Gasteiger charge is 2.02. The summed E-state index contributed by atoms with van der Waals surface area (Å²) in [6.45, 7) is 10.2. The van der Waals surface area contributed by atoms with Gasteiger partial charge < -0.3 is 11.2 Å². The molecule has 4 heteroatoms. The van der Waals surface area contributed by atoms with E-state index < -0.39 is 0 Å². The molecule has 4 nitrogen and oxygen atoms in total. The number of nitrogens with two attached hydrogens (primary N) is 2. The van der Waals surface area contributed by atoms with Crippen molar-refractivity contribution in [1.29, 1.82) is 0 Å². The predicted octanol–water partition coefficient (Wildman–Crippen LogP) is 1.66. The summed E-state index contributed by atoms with van der Waals surface area (Å²) < 4.78 is 0. The molecule has 5 N–H and O–H groups in total. The van der Waals surface area contributed by atoms with Crippen molar-refractivity contribution in [3.05, 3.63) is 23.2 Å². The third-order valence-corrected chi connectivity index (χ3v) is 2.43. The van der Waals surface area contributed by atoms with Gasteiger partial charge in [-0.15, -0.1) is 0 Å². The van der Waals surface area contributed by atoms with Crippen molar-refractivity contribution in [1.82, 2.24) is 5.43 Å². The van der Waals surface area contributed by atoms with E-state index in [0.717, 1.165) is 11.4 Å². The highest BCUT2D eigenvalue weighted by Crippen LogP contribution is 2.15. The number of allylic oxidation sites excluding steroid dienone is 3. The molecule has 0 rings (SSSR count). The van der Waals surface area contributed by atoms with Gasteiger partial charge in [-0.05, 0) is 32.3 Å². The molecule has 0 aromatic carbocycles. The van der Waals surface area contributed by atoms with Gasteiger partial charge in [-0.1, -0.05) is 13.8 Å². The highest BCUT2D eigenvalue weighted by molar-refractivity contribution is 5.97. The Morgan fingerprint density at radius 1 is 1.27 bits per heavy atom. The van der Waals surface area contributed by atoms with Crippen molar-refractivity contribution >= 4 is 5.71 Å². The fraction of sp³-hybridized carbons (Fsp3) is 0.545. The number of rotatable bonds is 4. The van der Waals surface area contributed by atoms with E-state index in [4.69, 9.17) is 11.6 Å². The average molecular weight is 210 g/mol. The van der Waals surface area contributed by atoms with Crippen LogP contribution in [0.4, 0.5) is 0 Å². The van der Waals surface area contributed by atoms with Crippen LogP contribution < -0.4 is 17.0 Å². The van der Waals surface area contributed by atoms with Gasteiger partial charge in [-0.25, -0.2) is 0 Å². The van der Waals surface area contributed by atoms with Crippen LogP contribution in [0.1, 0.15) is 34.6 Å². The predicted molar refractivity (Wildman–Crippen MR) is 65.9 cm³/mol. The monoisotopic (exact) mass is 210 g/mol. The normalized spacial score (nSPS) is 15.4. The second kappa shape index (κ2) is 6.24. The van der Waals surface area contributed by atoms with Crippen LogP contribution in [0, 0.1) is 5.92 Å². The zero-order valence-corrected chi connectivity index (χ0v) is 10.3. The van der Waals surface area contributed by atoms with Crippen LogP contribution in [0.3, 0.4) is 0 Å². The van der Waals surface area contributed by atoms with E-state index >= 15 is 0 Å². The minimum atomic E-state index is 0.499. The van der Waals surface area contributed by atoms with Crippen molar-refractivity contribution in [2.45, 2.75) is 34.6 Å². The molecule has 0 bridgehead atoms. The van der Waals surface area contributed by atoms with E-state index in [0.29, 0.717) is 11.6 Å². The van der Waals surface area contributed by atoms with E-state index in [-0.39, 0.29) is 0 Å². The smallest absolute Gasteiger partial charge is 0.0703 e. The first-order valence-electron chi connectivity index (χ1n) is 5.05. The Hall–Kier alpha value is -1.29. The van der Waals surface area contributed by atoms with Crippen LogP contribution in [-0.4, -0.2) is 5.71 Å². The molecule has 0 radical (unpaired) electrons. The lowest BCUT2D eigenvalue weighted by molar-refractivity contribution is 0.754. The number of nitrogens with one attached hydrogen (secondary N) is 1. The summed E-state index contributed by atoms with van der Waals surface area (Å²) in [6, 6.07) is 0. The second-order valence-electron chi connectivity index (χ2n) is 3.89. The number of aliphatic imine (C=N–C) groups is 1. The SMILES string of the molecule is CC(=N\C(C)=C(/C)C(C)C)/C(N)=C/NN. The molecule has 0 aliphatic carbocycles. The van der Waals surface area contributed by atoms with Crippen LogP contribution in [0.25, 0.3) is 0 Å². The maximum absolute atomic E-state index is 5.72. The number of nitrogens with zero attached hydrogens (tertiary/aromatic N) is 1. The summed E-state index contributed by atoms with van der Waals surface area (Å²) in [5, 5.41) is 0. The fourth-order valence-corrected chi connectivity index (χ4v) is 1.02. The van der Waals surface area contributed by atoms with E-state index in [2.05, 4.69) is 31.2 Å². The lowest BCUT2D eigenvalue weighted by Gasteiger charge is -2.08. The molecule has 0 aliphatic rings. The molecular weight excluding hydrogens is 188 g/mol. The summed E-state index contributed by atoms with van der Waals surface area (Å²) in [4.78, 5) is 4.42. The number of hydrazine groups is 1. The van der Waals surface area contributed by atoms with Gasteiger partial charge in [0.05, 0.1) is 11.4 Å². The van der Waals surface area contributed by atoms with Gasteiger partial charge in [-0.2, -0.15) is 0 Å². The molecule has 0 fully saturated rings. The molecule has 15 heavy (non-hydrogen) atoms. The molecule has 0 aliphatic heterocycles. The summed E-state index contributed by atoms with van der Waals surface area (Å²) >= 11 is 0. The van der Waals surface area contributed by atoms with Gasteiger partial charge in [0.25, 0.3) is 0 Å². The molecule has 0 amide bonds. The van der Waals surface area contributed by atoms with E-state index in [1.54, 1.807) is 0 Å². The number of hydrogen-bond donors (Lipinski definition) is 3. The standard InChI is InChI=1S/C11H22N4/c1-7(2)8(3)9(4)15-10(5)11(12)6-14-13/h6-7,14H,12-13H2,1-5H3/b9-8+,11-6-,15-10+. The molecule has 0 spiro atoms. The molecule has 0 heterocycles. The molecule has 0 saturated carbocycles. The van der Waals surface area contributed by atoms with Crippen LogP contribution in [0.15, 0.2) is 28.2 Å². The average Bonchev–Trinajstić information content (AvgIpc) is 2.16. The molecule has 0 unspecified atom stereocenters. The van der Waals surface area contributed by atoms with Crippen LogP contribution >= 0.6 is 0 Å². The molecule has 0 saturated heterocycles. The Morgan fingerprint density at radius 3 is 2.20 bits per heavy atom. The van der Waals surface area contributed by atoms with Crippen LogP contribution in [0.5, 0.6) is 0 Å². The molecular formula is C11H22N4. The van der Waals surface area contributed by atoms with Crippen molar-refractivity contribution in [3.8, 4) is 0 Å². The van der Waals surface area contributed by atoms with Gasteiger partial charge in [0.2, 0.25) is 0 Å². The Bertz CT molecular complexity index is 298. The summed E-state index contributed by atoms with van der Waals surface area (Å²) in [7, 11) is 0. The summed E-state index contributed by atoms with van der Waals surface area (Å²) in [5.74, 6) is 5.63. The largest absolute Gasteiger partial charge is 0.396 e. The minimum Gasteiger partial charge on any atom is -0.396 e. The van der Waals surface area contributed by atoms with Crippen molar-refractivity contribution < 1.29 is 0 Å². The van der Waals surface area contributed by atoms with Gasteiger partial charge in [-0.3, -0.25) is 10.8 Å². The third-order valence-electron chi connectivity index (χ3n) is 2.43. The van der Waals surface area contributed by atoms with Gasteiger partial charge in [0.15, 0.2) is 0 Å². The van der Waals surface area contributed by atoms with Gasteiger partial charge in [0, 0.05) is 11.9 Å². The lowest BCUT2D eigenvalue weighted by atomic mass is 10.0. The first kappa shape index (κ1) is 13.7. The maximum Gasteiger partial charge on any atom is 0.0703 e. The second-order valence-corrected chi connectivity index (χ2v) is 3.89. The van der Waals surface area contributed by atoms with E-state index in [9.17, 15) is 0 Å². The lowest BCUT2D eigenvalue weighted by Crippen LogP contribution is -2.19. The molecule has 0 atom stereocenters. The fourth-order valence-electron chi connectivity index (χ4n) is 1.02. The first-order chi connectivity index (χ1) is 6.90. The van der Waals surface area contributed by atoms with E-state index in [1.165, 1.54) is 11.8 Å². The summed E-state index contributed by atoms with van der Waals surface area (Å²) in [6.07, 6.45) is 1.52. The summed E-state index contributed by atoms with van der Waals surface area (Å²) in [5.41, 5.74) is 11.7. The maximum atomic E-state index is 5.72. The zero-order valence-electron chi connectivity index (χ0n) is 10.3. The zero-order chi connectivity index (χ0) is 12.0. The Balaban J connectivity index is 4.91. The minimum absolute atomic E-state index is 0.499. The van der Waals surface area contributed by atoms with Gasteiger partial charge >= 0.3 is 0 Å². The van der Waals surface area contributed by atoms with Crippen molar-refractivity contribution in [2.75, 3.05) is 0 Å². The topological polar surface area (TPSA) is 76.4 Å². The molecule has 0 aromatic rings. The Labute approximate surface area is 92.1 Å². The van der Waals surface area contributed by atoms with E-state index in [1.807, 2.05) is 13.8 Å². The molecule has 86 valence electrons. The van der Waals surface area contributed by atoms with Gasteiger partial charge in [0.1, 0.15) is 0 Å². The molecule has 0 aromatic heterocycles. The van der Waals surface area contributed by atoms with Crippen molar-refractivity contribution in [3.63, 3.8) is 0 Å². The Morgan fingerprint density at radius 2 is 1.80 bits per heavy atom. The Kier molecular flexibility index (Phi) is 5.70. The van der Waals surface area contributed by atoms with Crippen LogP contribution in [0.2, 0.25) is 0 Å². The number of hydrogen-bond acceptors (Lipinski definition) is 4. The van der Waals surface area contributed by atoms with Crippen molar-refractivity contribution in [2.24, 2.45) is 22.5 Å². The highest BCUT2D eigenvalue weighted by atomic mass is 15.2. The quantitative estimate of drug-likeness (QED) is 0.375. The first-order valence-corrected chi connectivity index (χ1v) is 5.05. The van der Waals surface area contributed by atoms with Crippen LogP contribution in [-0.2, 0) is 0 Å². The third kappa shape index (κ3) is 4.65.